The number of hydrogen-bond donors (Lipinski definition) is 1. The van der Waals surface area contributed by atoms with Crippen molar-refractivity contribution in [1.82, 2.24) is 9.99 Å². The monoisotopic (exact) mass is 872 g/mol. The number of fused-ring (bicyclic) bond motifs is 4. The average Bonchev–Trinajstić information content (AvgIpc) is 3.48. The fourth-order valence-electron chi connectivity index (χ4n) is 8.05. The van der Waals surface area contributed by atoms with Crippen molar-refractivity contribution in [2.75, 3.05) is 24.1 Å². The molecule has 0 spiro atoms. The fraction of sp³-hybridized carbons (Fsp3) is 0.324. The number of benzene rings is 2. The summed E-state index contributed by atoms with van der Waals surface area (Å²) in [5.74, 6) is -25.9. The van der Waals surface area contributed by atoms with Gasteiger partial charge in [-0.2, -0.15) is 18.2 Å². The summed E-state index contributed by atoms with van der Waals surface area (Å²) in [5, 5.41) is 10.9. The fourth-order valence-corrected chi connectivity index (χ4v) is 9.43. The van der Waals surface area contributed by atoms with Crippen LogP contribution in [-0.2, 0) is 25.4 Å². The molecule has 3 fully saturated rings. The first-order chi connectivity index (χ1) is 26.0. The van der Waals surface area contributed by atoms with Crippen LogP contribution in [0.2, 0.25) is 10.0 Å². The van der Waals surface area contributed by atoms with Crippen molar-refractivity contribution in [3.05, 3.63) is 86.3 Å². The summed E-state index contributed by atoms with van der Waals surface area (Å²) in [6.45, 7) is 0. The number of hydrazine groups is 1. The number of ether oxygens (including phenoxy) is 1. The van der Waals surface area contributed by atoms with E-state index in [-0.39, 0.29) is 33.2 Å². The number of carbonyl (C=O) groups is 4. The van der Waals surface area contributed by atoms with Crippen molar-refractivity contribution in [1.29, 1.82) is 0 Å². The van der Waals surface area contributed by atoms with Gasteiger partial charge in [0, 0.05) is 13.0 Å². The molecule has 1 N–H and O–H groups in total. The number of nitrogens with zero attached hydrogens (tertiary/aromatic N) is 4. The molecule has 0 radical (unpaired) electrons. The number of allylic oxidation sites excluding steroid dienone is 2. The lowest BCUT2D eigenvalue weighted by molar-refractivity contribution is -0.141. The Morgan fingerprint density at radius 3 is 2.09 bits per heavy atom. The summed E-state index contributed by atoms with van der Waals surface area (Å²) < 4.78 is 120. The smallest absolute Gasteiger partial charge is 0.433 e. The van der Waals surface area contributed by atoms with Crippen LogP contribution in [0.15, 0.2) is 35.9 Å². The van der Waals surface area contributed by atoms with Crippen LogP contribution in [0.3, 0.4) is 0 Å². The molecular weight excluding hydrogens is 854 g/mol. The highest BCUT2D eigenvalue weighted by atomic mass is 35.5. The minimum atomic E-state index is -4.96. The summed E-state index contributed by atoms with van der Waals surface area (Å²) >= 11 is 26.6. The zero-order valence-electron chi connectivity index (χ0n) is 27.9. The molecule has 0 bridgehead atoms. The van der Waals surface area contributed by atoms with Gasteiger partial charge in [0.2, 0.25) is 5.82 Å². The lowest BCUT2D eigenvalue weighted by Crippen LogP contribution is -2.60. The minimum absolute atomic E-state index is 0.0163. The van der Waals surface area contributed by atoms with Gasteiger partial charge in [-0.05, 0) is 48.6 Å². The van der Waals surface area contributed by atoms with Crippen molar-refractivity contribution in [2.45, 2.75) is 34.7 Å². The molecule has 296 valence electrons. The average molecular weight is 874 g/mol. The number of amides is 4. The zero-order valence-corrected chi connectivity index (χ0v) is 30.9. The summed E-state index contributed by atoms with van der Waals surface area (Å²) in [7, 11) is 2.15. The molecule has 2 aliphatic heterocycles. The van der Waals surface area contributed by atoms with Crippen LogP contribution in [0.1, 0.15) is 30.0 Å². The number of methoxy groups -OCH3 is 1. The number of rotatable bonds is 5. The Hall–Kier alpha value is -4.39. The molecule has 2 aromatic carbocycles. The maximum absolute atomic E-state index is 15.3. The van der Waals surface area contributed by atoms with E-state index in [0.717, 1.165) is 32.4 Å². The molecule has 3 aromatic rings. The van der Waals surface area contributed by atoms with E-state index < -0.39 is 127 Å². The highest BCUT2D eigenvalue weighted by Crippen LogP contribution is 2.66. The van der Waals surface area contributed by atoms with Crippen LogP contribution in [0.4, 0.5) is 46.6 Å². The predicted molar refractivity (Wildman–Crippen MR) is 181 cm³/mol. The van der Waals surface area contributed by atoms with Crippen LogP contribution in [0.25, 0.3) is 0 Å². The number of phenolic OH excluding ortho intramolecular Hbond substituents is 1. The minimum Gasteiger partial charge on any atom is -0.503 e. The molecule has 2 saturated heterocycles. The second-order valence-electron chi connectivity index (χ2n) is 13.3. The van der Waals surface area contributed by atoms with E-state index in [1.165, 1.54) is 6.08 Å². The Morgan fingerprint density at radius 1 is 0.893 bits per heavy atom. The van der Waals surface area contributed by atoms with E-state index in [9.17, 15) is 50.6 Å². The molecule has 6 atom stereocenters. The molecule has 22 heteroatoms. The molecule has 1 saturated carbocycles. The van der Waals surface area contributed by atoms with Gasteiger partial charge in [0.15, 0.2) is 50.3 Å². The van der Waals surface area contributed by atoms with E-state index in [4.69, 9.17) is 51.1 Å². The van der Waals surface area contributed by atoms with Gasteiger partial charge >= 0.3 is 6.18 Å². The van der Waals surface area contributed by atoms with Gasteiger partial charge in [-0.15, -0.1) is 23.2 Å². The first-order valence-electron chi connectivity index (χ1n) is 15.9. The van der Waals surface area contributed by atoms with Crippen LogP contribution >= 0.6 is 46.4 Å². The van der Waals surface area contributed by atoms with E-state index in [1.54, 1.807) is 0 Å². The van der Waals surface area contributed by atoms with Crippen LogP contribution in [0, 0.1) is 46.8 Å². The number of hydrogen-bond acceptors (Lipinski definition) is 8. The summed E-state index contributed by atoms with van der Waals surface area (Å²) in [4.78, 5) is 54.4. The number of imide groups is 2. The van der Waals surface area contributed by atoms with Gasteiger partial charge in [-0.1, -0.05) is 34.9 Å². The molecule has 56 heavy (non-hydrogen) atoms. The quantitative estimate of drug-likeness (QED) is 0.0703. The highest BCUT2D eigenvalue weighted by Gasteiger charge is 2.77. The first-order valence-corrected chi connectivity index (χ1v) is 17.4. The molecule has 4 aliphatic rings. The third-order valence-corrected chi connectivity index (χ3v) is 12.5. The standard InChI is InChI=1S/C34H20Cl4F8N4O6/c1-48(27-14(35)5-6-17(47-27)34(44,45)46)50-28(52)12-4-3-11-13(18(12)29(50)53)9-32(37)30(54)49(25-23(42)21(40)20(39)22(41)24(25)43)31(55)33(32,38)19(11)10-7-15(36)26(51)16(8-10)56-2/h3,5-8,12-13,18-19,51H,4,9H2,1-2H3. The lowest BCUT2D eigenvalue weighted by atomic mass is 9.56. The maximum Gasteiger partial charge on any atom is 0.433 e. The second-order valence-corrected chi connectivity index (χ2v) is 15.3. The summed E-state index contributed by atoms with van der Waals surface area (Å²) in [6.07, 6.45) is -4.77. The Bertz CT molecular complexity index is 2320. The van der Waals surface area contributed by atoms with Crippen molar-refractivity contribution < 1.29 is 64.1 Å². The van der Waals surface area contributed by atoms with Crippen LogP contribution in [0.5, 0.6) is 11.5 Å². The van der Waals surface area contributed by atoms with Gasteiger partial charge in [0.05, 0.1) is 29.0 Å². The Morgan fingerprint density at radius 2 is 1.50 bits per heavy atom. The number of carbonyl (C=O) groups excluding carboxylic acids is 4. The maximum atomic E-state index is 15.3. The Labute approximate surface area is 329 Å². The lowest BCUT2D eigenvalue weighted by Gasteiger charge is -2.50. The van der Waals surface area contributed by atoms with E-state index >= 15 is 8.78 Å². The summed E-state index contributed by atoms with van der Waals surface area (Å²) in [6, 6.07) is 3.58. The van der Waals surface area contributed by atoms with Gasteiger partial charge in [0.25, 0.3) is 23.6 Å². The highest BCUT2D eigenvalue weighted by molar-refractivity contribution is 6.58. The molecular formula is C34H20Cl4F8N4O6. The zero-order chi connectivity index (χ0) is 41.3. The Kier molecular flexibility index (Phi) is 9.30. The number of anilines is 2. The number of aromatic hydroxyl groups is 1. The largest absolute Gasteiger partial charge is 0.503 e. The van der Waals surface area contributed by atoms with Gasteiger partial charge in [-0.25, -0.2) is 31.8 Å². The molecule has 7 rings (SSSR count). The number of phenols is 1. The number of aromatic nitrogens is 1. The van der Waals surface area contributed by atoms with Gasteiger partial charge < -0.3 is 9.84 Å². The van der Waals surface area contributed by atoms with E-state index in [2.05, 4.69) is 4.98 Å². The predicted octanol–water partition coefficient (Wildman–Crippen LogP) is 7.43. The molecule has 10 nitrogen and oxygen atoms in total. The molecule has 6 unspecified atom stereocenters. The van der Waals surface area contributed by atoms with Gasteiger partial charge in [-0.3, -0.25) is 24.2 Å². The normalized spacial score (nSPS) is 27.4. The SMILES string of the molecule is COc1cc(C2C3=CCC4C(=O)N(N(C)c5nc(C(F)(F)F)ccc5Cl)C(=O)C4C3CC3(Cl)C(=O)N(c4c(F)c(F)c(F)c(F)c4F)C(=O)C23Cl)cc(Cl)c1O. The van der Waals surface area contributed by atoms with Crippen molar-refractivity contribution in [3.8, 4) is 11.5 Å². The van der Waals surface area contributed by atoms with E-state index in [0.29, 0.717) is 16.1 Å². The molecule has 1 aromatic heterocycles. The van der Waals surface area contributed by atoms with Crippen molar-refractivity contribution >= 4 is 81.5 Å². The third kappa shape index (κ3) is 5.24. The Balaban J connectivity index is 1.41. The van der Waals surface area contributed by atoms with E-state index in [1.807, 2.05) is 0 Å². The topological polar surface area (TPSA) is 120 Å². The number of alkyl halides is 5. The van der Waals surface area contributed by atoms with Crippen LogP contribution < -0.4 is 14.6 Å². The van der Waals surface area contributed by atoms with Crippen molar-refractivity contribution in [2.24, 2.45) is 17.8 Å². The van der Waals surface area contributed by atoms with Crippen molar-refractivity contribution in [3.63, 3.8) is 0 Å². The van der Waals surface area contributed by atoms with Crippen LogP contribution in [-0.4, -0.2) is 62.6 Å². The molecule has 4 amide bonds. The summed E-state index contributed by atoms with van der Waals surface area (Å²) in [5.41, 5.74) is -3.55. The molecule has 2 aliphatic carbocycles. The second kappa shape index (κ2) is 13.1. The first kappa shape index (κ1) is 39.8. The molecule has 3 heterocycles. The number of halogens is 12. The third-order valence-electron chi connectivity index (χ3n) is 10.5. The van der Waals surface area contributed by atoms with Gasteiger partial charge in [0.1, 0.15) is 11.4 Å². The number of pyridine rings is 1.